The van der Waals surface area contributed by atoms with Gasteiger partial charge >= 0.3 is 0 Å². The van der Waals surface area contributed by atoms with Gasteiger partial charge in [0, 0.05) is 24.2 Å². The van der Waals surface area contributed by atoms with E-state index in [1.54, 1.807) is 0 Å². The smallest absolute Gasteiger partial charge is 0.240 e. The molecule has 1 saturated carbocycles. The van der Waals surface area contributed by atoms with E-state index in [-0.39, 0.29) is 16.5 Å². The summed E-state index contributed by atoms with van der Waals surface area (Å²) < 4.78 is 27.0. The summed E-state index contributed by atoms with van der Waals surface area (Å²) in [5.74, 6) is 0. The first-order chi connectivity index (χ1) is 9.97. The molecule has 2 N–H and O–H groups in total. The van der Waals surface area contributed by atoms with Crippen LogP contribution < -0.4 is 4.72 Å². The molecule has 0 unspecified atom stereocenters. The van der Waals surface area contributed by atoms with Crippen LogP contribution in [0.1, 0.15) is 25.3 Å². The highest BCUT2D eigenvalue weighted by atomic mass is 35.5. The van der Waals surface area contributed by atoms with Gasteiger partial charge in [-0.25, -0.2) is 13.1 Å². The Bertz CT molecular complexity index is 588. The summed E-state index contributed by atoms with van der Waals surface area (Å²) >= 11 is 5.93. The van der Waals surface area contributed by atoms with Crippen molar-refractivity contribution in [2.24, 2.45) is 0 Å². The van der Waals surface area contributed by atoms with Gasteiger partial charge in [-0.2, -0.15) is 0 Å². The Morgan fingerprint density at radius 3 is 2.67 bits per heavy atom. The molecule has 1 fully saturated rings. The Balaban J connectivity index is 1.96. The summed E-state index contributed by atoms with van der Waals surface area (Å²) in [7, 11) is -3.56. The van der Waals surface area contributed by atoms with E-state index in [2.05, 4.69) is 16.5 Å². The summed E-state index contributed by atoms with van der Waals surface area (Å²) in [5.41, 5.74) is 0.515. The Kier molecular flexibility index (Phi) is 5.62. The van der Waals surface area contributed by atoms with Gasteiger partial charge in [-0.3, -0.25) is 4.90 Å². The highest BCUT2D eigenvalue weighted by Crippen LogP contribution is 2.26. The zero-order valence-corrected chi connectivity index (χ0v) is 13.6. The number of likely N-dealkylation sites (N-methyl/N-ethyl adjacent to an activating group) is 1. The molecular weight excluding hydrogens is 312 g/mol. The van der Waals surface area contributed by atoms with E-state index >= 15 is 0 Å². The van der Waals surface area contributed by atoms with Gasteiger partial charge < -0.3 is 5.11 Å². The quantitative estimate of drug-likeness (QED) is 0.758. The van der Waals surface area contributed by atoms with Gasteiger partial charge in [0.2, 0.25) is 10.0 Å². The van der Waals surface area contributed by atoms with Gasteiger partial charge in [0.05, 0.1) is 11.5 Å². The highest BCUT2D eigenvalue weighted by Gasteiger charge is 2.27. The number of aliphatic hydroxyl groups is 1. The molecule has 1 aliphatic rings. The third-order valence-electron chi connectivity index (χ3n) is 3.67. The molecule has 1 aliphatic carbocycles. The van der Waals surface area contributed by atoms with Crippen LogP contribution in [0.2, 0.25) is 5.02 Å². The number of benzene rings is 1. The molecule has 0 aromatic heterocycles. The fourth-order valence-corrected chi connectivity index (χ4v) is 3.62. The molecular formula is C14H21ClN2O3S. The van der Waals surface area contributed by atoms with Crippen LogP contribution in [0.5, 0.6) is 0 Å². The van der Waals surface area contributed by atoms with Crippen molar-refractivity contribution >= 4 is 21.6 Å². The minimum atomic E-state index is -3.56. The molecule has 7 heteroatoms. The summed E-state index contributed by atoms with van der Waals surface area (Å²) in [6.45, 7) is 3.90. The third-order valence-corrected chi connectivity index (χ3v) is 5.48. The van der Waals surface area contributed by atoms with E-state index in [0.717, 1.165) is 6.54 Å². The van der Waals surface area contributed by atoms with Crippen molar-refractivity contribution in [1.29, 1.82) is 0 Å². The number of rotatable bonds is 8. The number of halogens is 1. The Labute approximate surface area is 131 Å². The molecule has 2 rings (SSSR count). The first-order valence-electron chi connectivity index (χ1n) is 7.11. The number of sulfonamides is 1. The monoisotopic (exact) mass is 332 g/mol. The van der Waals surface area contributed by atoms with E-state index in [1.165, 1.54) is 31.0 Å². The van der Waals surface area contributed by atoms with Crippen molar-refractivity contribution in [3.05, 3.63) is 28.8 Å². The first kappa shape index (κ1) is 16.7. The summed E-state index contributed by atoms with van der Waals surface area (Å²) in [4.78, 5) is 2.41. The predicted molar refractivity (Wildman–Crippen MR) is 82.8 cm³/mol. The minimum Gasteiger partial charge on any atom is -0.392 e. The molecule has 21 heavy (non-hydrogen) atoms. The summed E-state index contributed by atoms with van der Waals surface area (Å²) in [5, 5.41) is 9.30. The van der Waals surface area contributed by atoms with E-state index < -0.39 is 10.0 Å². The normalized spacial score (nSPS) is 15.6. The van der Waals surface area contributed by atoms with Crippen molar-refractivity contribution in [2.45, 2.75) is 37.3 Å². The molecule has 118 valence electrons. The average molecular weight is 333 g/mol. The predicted octanol–water partition coefficient (Wildman–Crippen LogP) is 1.59. The first-order valence-corrected chi connectivity index (χ1v) is 8.97. The van der Waals surface area contributed by atoms with Crippen LogP contribution in [0, 0.1) is 0 Å². The molecule has 1 aromatic carbocycles. The molecule has 0 atom stereocenters. The largest absolute Gasteiger partial charge is 0.392 e. The lowest BCUT2D eigenvalue weighted by molar-refractivity contribution is 0.282. The highest BCUT2D eigenvalue weighted by molar-refractivity contribution is 7.89. The Morgan fingerprint density at radius 2 is 2.14 bits per heavy atom. The lowest BCUT2D eigenvalue weighted by Crippen LogP contribution is -2.36. The lowest BCUT2D eigenvalue weighted by Gasteiger charge is -2.19. The summed E-state index contributed by atoms with van der Waals surface area (Å²) in [6, 6.07) is 4.98. The van der Waals surface area contributed by atoms with Crippen molar-refractivity contribution in [1.82, 2.24) is 9.62 Å². The fourth-order valence-electron chi connectivity index (χ4n) is 2.27. The van der Waals surface area contributed by atoms with Crippen molar-refractivity contribution in [3.8, 4) is 0 Å². The van der Waals surface area contributed by atoms with Gasteiger partial charge in [0.25, 0.3) is 0 Å². The van der Waals surface area contributed by atoms with E-state index in [0.29, 0.717) is 24.7 Å². The second-order valence-electron chi connectivity index (χ2n) is 5.17. The number of aliphatic hydroxyl groups excluding tert-OH is 1. The number of hydrogen-bond donors (Lipinski definition) is 2. The van der Waals surface area contributed by atoms with E-state index in [4.69, 9.17) is 16.7 Å². The molecule has 0 saturated heterocycles. The van der Waals surface area contributed by atoms with E-state index in [9.17, 15) is 8.42 Å². The average Bonchev–Trinajstić information content (AvgIpc) is 3.28. The van der Waals surface area contributed by atoms with Crippen LogP contribution in [-0.4, -0.2) is 44.1 Å². The molecule has 0 spiro atoms. The van der Waals surface area contributed by atoms with Crippen LogP contribution >= 0.6 is 11.6 Å². The van der Waals surface area contributed by atoms with E-state index in [1.807, 2.05) is 0 Å². The minimum absolute atomic E-state index is 0.124. The lowest BCUT2D eigenvalue weighted by atomic mass is 10.2. The number of nitrogens with zero attached hydrogens (tertiary/aromatic N) is 1. The zero-order chi connectivity index (χ0) is 15.5. The molecule has 0 amide bonds. The van der Waals surface area contributed by atoms with Crippen LogP contribution in [0.4, 0.5) is 0 Å². The van der Waals surface area contributed by atoms with Gasteiger partial charge in [-0.1, -0.05) is 24.6 Å². The molecule has 0 bridgehead atoms. The van der Waals surface area contributed by atoms with Crippen LogP contribution in [-0.2, 0) is 16.6 Å². The second kappa shape index (κ2) is 7.07. The fraction of sp³-hybridized carbons (Fsp3) is 0.571. The standard InChI is InChI=1S/C14H21ClN2O3S/c1-2-17(12-4-5-12)8-7-16-21(19,20)13-6-3-11(10-18)14(15)9-13/h3,6,9,12,16,18H,2,4-5,7-8,10H2,1H3. The number of hydrogen-bond acceptors (Lipinski definition) is 4. The van der Waals surface area contributed by atoms with Crippen LogP contribution in [0.15, 0.2) is 23.1 Å². The van der Waals surface area contributed by atoms with Gasteiger partial charge in [-0.05, 0) is 37.1 Å². The maximum Gasteiger partial charge on any atom is 0.240 e. The van der Waals surface area contributed by atoms with Gasteiger partial charge in [0.1, 0.15) is 0 Å². The third kappa shape index (κ3) is 4.40. The molecule has 1 aromatic rings. The van der Waals surface area contributed by atoms with Crippen molar-refractivity contribution in [3.63, 3.8) is 0 Å². The Hall–Kier alpha value is -0.660. The molecule has 0 radical (unpaired) electrons. The SMILES string of the molecule is CCN(CCNS(=O)(=O)c1ccc(CO)c(Cl)c1)C1CC1. The van der Waals surface area contributed by atoms with Gasteiger partial charge in [0.15, 0.2) is 0 Å². The second-order valence-corrected chi connectivity index (χ2v) is 7.34. The zero-order valence-electron chi connectivity index (χ0n) is 12.0. The molecule has 5 nitrogen and oxygen atoms in total. The Morgan fingerprint density at radius 1 is 1.43 bits per heavy atom. The van der Waals surface area contributed by atoms with Crippen LogP contribution in [0.3, 0.4) is 0 Å². The van der Waals surface area contributed by atoms with Crippen LogP contribution in [0.25, 0.3) is 0 Å². The number of nitrogens with one attached hydrogen (secondary N) is 1. The topological polar surface area (TPSA) is 69.6 Å². The molecule has 0 aliphatic heterocycles. The van der Waals surface area contributed by atoms with Crippen molar-refractivity contribution < 1.29 is 13.5 Å². The van der Waals surface area contributed by atoms with Gasteiger partial charge in [-0.15, -0.1) is 0 Å². The molecule has 0 heterocycles. The summed E-state index contributed by atoms with van der Waals surface area (Å²) in [6.07, 6.45) is 2.41. The van der Waals surface area contributed by atoms with Crippen molar-refractivity contribution in [2.75, 3.05) is 19.6 Å². The maximum atomic E-state index is 12.2. The maximum absolute atomic E-state index is 12.2.